The number of carbonyl (C=O) groups excluding carboxylic acids is 2. The molecule has 0 aliphatic rings. The first kappa shape index (κ1) is 22.5. The largest absolute Gasteiger partial charge is 0.483 e. The van der Waals surface area contributed by atoms with E-state index in [0.29, 0.717) is 21.9 Å². The minimum absolute atomic E-state index is 0.194. The van der Waals surface area contributed by atoms with Crippen LogP contribution in [0.4, 0.5) is 9.39 Å². The number of amides is 1. The molecule has 0 aliphatic carbocycles. The standard InChI is InChI=1S/C24H24FNO4S/c1-5-29-24(28)21-20(17-9-11-18(25)12-10-17)16(4)31-23(21)26-19(27)13-30-22-14(2)7-6-8-15(22)3/h6-12H,5,13H2,1-4H3,(H,26,27). The van der Waals surface area contributed by atoms with E-state index in [4.69, 9.17) is 9.47 Å². The van der Waals surface area contributed by atoms with E-state index < -0.39 is 5.97 Å². The molecule has 0 fully saturated rings. The van der Waals surface area contributed by atoms with Crippen LogP contribution in [-0.2, 0) is 9.53 Å². The number of esters is 1. The van der Waals surface area contributed by atoms with Gasteiger partial charge in [0, 0.05) is 10.4 Å². The Hall–Kier alpha value is -3.19. The third-order valence-corrected chi connectivity index (χ3v) is 5.73. The van der Waals surface area contributed by atoms with Crippen LogP contribution in [0.15, 0.2) is 42.5 Å². The molecule has 1 aromatic heterocycles. The molecule has 0 atom stereocenters. The van der Waals surface area contributed by atoms with Crippen LogP contribution in [-0.4, -0.2) is 25.1 Å². The van der Waals surface area contributed by atoms with Gasteiger partial charge >= 0.3 is 5.97 Å². The molecule has 3 aromatic rings. The van der Waals surface area contributed by atoms with Crippen molar-refractivity contribution in [2.45, 2.75) is 27.7 Å². The molecule has 2 aromatic carbocycles. The van der Waals surface area contributed by atoms with E-state index in [1.165, 1.54) is 23.5 Å². The number of hydrogen-bond donors (Lipinski definition) is 1. The number of para-hydroxylation sites is 1. The summed E-state index contributed by atoms with van der Waals surface area (Å²) in [4.78, 5) is 26.1. The fourth-order valence-electron chi connectivity index (χ4n) is 3.32. The normalized spacial score (nSPS) is 10.6. The van der Waals surface area contributed by atoms with Crippen LogP contribution in [0, 0.1) is 26.6 Å². The number of anilines is 1. The number of thiophene rings is 1. The van der Waals surface area contributed by atoms with Crippen molar-refractivity contribution in [3.05, 3.63) is 69.8 Å². The zero-order chi connectivity index (χ0) is 22.5. The van der Waals surface area contributed by atoms with Crippen molar-refractivity contribution in [1.82, 2.24) is 0 Å². The van der Waals surface area contributed by atoms with Crippen molar-refractivity contribution in [2.75, 3.05) is 18.5 Å². The number of carbonyl (C=O) groups is 2. The Kier molecular flexibility index (Phi) is 7.07. The number of halogens is 1. The molecule has 0 aliphatic heterocycles. The Morgan fingerprint density at radius 3 is 2.29 bits per heavy atom. The Bertz CT molecular complexity index is 1090. The van der Waals surface area contributed by atoms with E-state index >= 15 is 0 Å². The van der Waals surface area contributed by atoms with E-state index in [1.54, 1.807) is 19.1 Å². The zero-order valence-electron chi connectivity index (χ0n) is 17.9. The molecular weight excluding hydrogens is 417 g/mol. The molecule has 1 heterocycles. The monoisotopic (exact) mass is 441 g/mol. The van der Waals surface area contributed by atoms with Crippen LogP contribution in [0.1, 0.15) is 33.3 Å². The summed E-state index contributed by atoms with van der Waals surface area (Å²) in [6.07, 6.45) is 0. The van der Waals surface area contributed by atoms with Crippen LogP contribution < -0.4 is 10.1 Å². The predicted molar refractivity (Wildman–Crippen MR) is 120 cm³/mol. The average molecular weight is 442 g/mol. The lowest BCUT2D eigenvalue weighted by molar-refractivity contribution is -0.118. The second kappa shape index (κ2) is 9.75. The van der Waals surface area contributed by atoms with Gasteiger partial charge in [-0.1, -0.05) is 30.3 Å². The molecule has 0 spiro atoms. The smallest absolute Gasteiger partial charge is 0.341 e. The van der Waals surface area contributed by atoms with Crippen LogP contribution in [0.5, 0.6) is 5.75 Å². The number of rotatable bonds is 7. The molecule has 1 N–H and O–H groups in total. The maximum absolute atomic E-state index is 13.4. The van der Waals surface area contributed by atoms with Crippen LogP contribution in [0.2, 0.25) is 0 Å². The molecule has 0 bridgehead atoms. The fraction of sp³-hybridized carbons (Fsp3) is 0.250. The van der Waals surface area contributed by atoms with Gasteiger partial charge in [-0.25, -0.2) is 9.18 Å². The number of aryl methyl sites for hydroxylation is 3. The number of benzene rings is 2. The van der Waals surface area contributed by atoms with Gasteiger partial charge < -0.3 is 14.8 Å². The summed E-state index contributed by atoms with van der Waals surface area (Å²) in [7, 11) is 0. The maximum atomic E-state index is 13.4. The van der Waals surface area contributed by atoms with Gasteiger partial charge in [0.2, 0.25) is 0 Å². The molecule has 0 unspecified atom stereocenters. The van der Waals surface area contributed by atoms with Gasteiger partial charge in [0.05, 0.1) is 6.61 Å². The summed E-state index contributed by atoms with van der Waals surface area (Å²) in [5.41, 5.74) is 3.42. The molecule has 5 nitrogen and oxygen atoms in total. The predicted octanol–water partition coefficient (Wildman–Crippen LogP) is 5.67. The van der Waals surface area contributed by atoms with Crippen molar-refractivity contribution >= 4 is 28.2 Å². The third kappa shape index (κ3) is 5.11. The van der Waals surface area contributed by atoms with Crippen molar-refractivity contribution in [3.63, 3.8) is 0 Å². The molecule has 31 heavy (non-hydrogen) atoms. The number of hydrogen-bond acceptors (Lipinski definition) is 5. The minimum atomic E-state index is -0.544. The lowest BCUT2D eigenvalue weighted by Gasteiger charge is -2.12. The first-order valence-electron chi connectivity index (χ1n) is 9.87. The van der Waals surface area contributed by atoms with E-state index in [0.717, 1.165) is 16.0 Å². The Balaban J connectivity index is 1.88. The lowest BCUT2D eigenvalue weighted by atomic mass is 10.0. The molecule has 0 saturated heterocycles. The quantitative estimate of drug-likeness (QED) is 0.480. The second-order valence-electron chi connectivity index (χ2n) is 7.02. The first-order valence-corrected chi connectivity index (χ1v) is 10.7. The Morgan fingerprint density at radius 2 is 1.68 bits per heavy atom. The first-order chi connectivity index (χ1) is 14.8. The van der Waals surface area contributed by atoms with E-state index in [2.05, 4.69) is 5.32 Å². The van der Waals surface area contributed by atoms with Crippen molar-refractivity contribution < 1.29 is 23.5 Å². The van der Waals surface area contributed by atoms with Gasteiger partial charge in [0.25, 0.3) is 5.91 Å². The molecule has 0 saturated carbocycles. The highest BCUT2D eigenvalue weighted by atomic mass is 32.1. The molecule has 162 valence electrons. The minimum Gasteiger partial charge on any atom is -0.483 e. The highest BCUT2D eigenvalue weighted by Crippen LogP contribution is 2.40. The second-order valence-corrected chi connectivity index (χ2v) is 8.25. The molecule has 1 amide bonds. The van der Waals surface area contributed by atoms with Gasteiger partial charge in [-0.2, -0.15) is 0 Å². The third-order valence-electron chi connectivity index (χ3n) is 4.71. The summed E-state index contributed by atoms with van der Waals surface area (Å²) in [5, 5.41) is 3.16. The topological polar surface area (TPSA) is 64.6 Å². The van der Waals surface area contributed by atoms with Gasteiger partial charge in [-0.15, -0.1) is 11.3 Å². The van der Waals surface area contributed by atoms with Gasteiger partial charge in [-0.05, 0) is 56.5 Å². The van der Waals surface area contributed by atoms with Gasteiger partial charge in [0.15, 0.2) is 6.61 Å². The lowest BCUT2D eigenvalue weighted by Crippen LogP contribution is -2.21. The summed E-state index contributed by atoms with van der Waals surface area (Å²) >= 11 is 1.27. The highest BCUT2D eigenvalue weighted by Gasteiger charge is 2.25. The van der Waals surface area contributed by atoms with E-state index in [9.17, 15) is 14.0 Å². The van der Waals surface area contributed by atoms with E-state index in [-0.39, 0.29) is 30.5 Å². The van der Waals surface area contributed by atoms with Gasteiger partial charge in [-0.3, -0.25) is 4.79 Å². The van der Waals surface area contributed by atoms with Crippen molar-refractivity contribution in [3.8, 4) is 16.9 Å². The van der Waals surface area contributed by atoms with Crippen molar-refractivity contribution in [2.24, 2.45) is 0 Å². The maximum Gasteiger partial charge on any atom is 0.341 e. The molecule has 7 heteroatoms. The average Bonchev–Trinajstić information content (AvgIpc) is 3.04. The zero-order valence-corrected chi connectivity index (χ0v) is 18.7. The highest BCUT2D eigenvalue weighted by molar-refractivity contribution is 7.17. The van der Waals surface area contributed by atoms with Gasteiger partial charge in [0.1, 0.15) is 22.1 Å². The molecular formula is C24H24FNO4S. The Labute approximate surface area is 184 Å². The van der Waals surface area contributed by atoms with Crippen LogP contribution in [0.25, 0.3) is 11.1 Å². The van der Waals surface area contributed by atoms with Crippen LogP contribution in [0.3, 0.4) is 0 Å². The van der Waals surface area contributed by atoms with E-state index in [1.807, 2.05) is 39.0 Å². The summed E-state index contributed by atoms with van der Waals surface area (Å²) in [5.74, 6) is -0.638. The number of nitrogens with one attached hydrogen (secondary N) is 1. The fourth-order valence-corrected chi connectivity index (χ4v) is 4.40. The summed E-state index contributed by atoms with van der Waals surface area (Å²) in [6, 6.07) is 11.6. The number of ether oxygens (including phenoxy) is 2. The molecule has 3 rings (SSSR count). The summed E-state index contributed by atoms with van der Waals surface area (Å²) < 4.78 is 24.3. The van der Waals surface area contributed by atoms with Crippen LogP contribution >= 0.6 is 11.3 Å². The molecule has 0 radical (unpaired) electrons. The van der Waals surface area contributed by atoms with Crippen molar-refractivity contribution in [1.29, 1.82) is 0 Å². The summed E-state index contributed by atoms with van der Waals surface area (Å²) in [6.45, 7) is 7.38. The Morgan fingerprint density at radius 1 is 1.03 bits per heavy atom. The SMILES string of the molecule is CCOC(=O)c1c(NC(=O)COc2c(C)cccc2C)sc(C)c1-c1ccc(F)cc1.